The zero-order chi connectivity index (χ0) is 30.2. The van der Waals surface area contributed by atoms with Gasteiger partial charge in [0.1, 0.15) is 0 Å². The molecule has 3 heterocycles. The summed E-state index contributed by atoms with van der Waals surface area (Å²) in [5.41, 5.74) is 1.42. The van der Waals surface area contributed by atoms with Crippen LogP contribution in [0.15, 0.2) is 79.2 Å². The fraction of sp³-hybridized carbons (Fsp3) is 0.448. The summed E-state index contributed by atoms with van der Waals surface area (Å²) < 4.78 is 61.3. The molecule has 13 heteroatoms. The number of hydrogen-bond donors (Lipinski definition) is 1. The standard InChI is InChI=1S/C29H37N5O6S2/c1-4-5-6-7-8-26-27-23(20-32-28(35)30-29(36)34(26)32)19-31(41(37,38)24-13-9-21(2)10-14-24)17-18-33(27)42(39,40)25-15-11-22(3)12-16-25/h9-16,26H,4-8,17-20H2,1-3H3,(H,30,35,36). The van der Waals surface area contributed by atoms with Crippen molar-refractivity contribution in [1.82, 2.24) is 23.0 Å². The molecule has 0 saturated carbocycles. The Hall–Kier alpha value is -3.42. The summed E-state index contributed by atoms with van der Waals surface area (Å²) in [5.74, 6) is 0. The zero-order valence-electron chi connectivity index (χ0n) is 24.1. The van der Waals surface area contributed by atoms with Gasteiger partial charge in [0, 0.05) is 19.6 Å². The lowest BCUT2D eigenvalue weighted by Gasteiger charge is -2.36. The van der Waals surface area contributed by atoms with Gasteiger partial charge in [0.25, 0.3) is 10.0 Å². The highest BCUT2D eigenvalue weighted by Crippen LogP contribution is 2.38. The molecule has 2 aromatic carbocycles. The Morgan fingerprint density at radius 2 is 1.36 bits per heavy atom. The quantitative estimate of drug-likeness (QED) is 0.368. The van der Waals surface area contributed by atoms with E-state index in [1.54, 1.807) is 24.3 Å². The second-order valence-corrected chi connectivity index (χ2v) is 14.8. The maximum Gasteiger partial charge on any atom is 0.345 e. The third-order valence-electron chi connectivity index (χ3n) is 8.02. The summed E-state index contributed by atoms with van der Waals surface area (Å²) in [6.07, 6.45) is 3.96. The van der Waals surface area contributed by atoms with Crippen molar-refractivity contribution in [3.63, 3.8) is 0 Å². The van der Waals surface area contributed by atoms with E-state index in [2.05, 4.69) is 11.9 Å². The van der Waals surface area contributed by atoms with Crippen molar-refractivity contribution in [2.75, 3.05) is 19.6 Å². The predicted molar refractivity (Wildman–Crippen MR) is 159 cm³/mol. The van der Waals surface area contributed by atoms with Crippen LogP contribution in [0.4, 0.5) is 0 Å². The highest BCUT2D eigenvalue weighted by Gasteiger charge is 2.42. The van der Waals surface area contributed by atoms with Gasteiger partial charge < -0.3 is 0 Å². The summed E-state index contributed by atoms with van der Waals surface area (Å²) >= 11 is 0. The van der Waals surface area contributed by atoms with Crippen molar-refractivity contribution in [3.8, 4) is 0 Å². The number of unbranched alkanes of at least 4 members (excludes halogenated alkanes) is 3. The molecule has 0 aliphatic carbocycles. The molecule has 3 aromatic rings. The van der Waals surface area contributed by atoms with Crippen LogP contribution < -0.4 is 11.4 Å². The third-order valence-corrected chi connectivity index (χ3v) is 11.7. The summed E-state index contributed by atoms with van der Waals surface area (Å²) in [6.45, 7) is 5.35. The fourth-order valence-electron chi connectivity index (χ4n) is 5.76. The fourth-order valence-corrected chi connectivity index (χ4v) is 8.75. The monoisotopic (exact) mass is 615 g/mol. The largest absolute Gasteiger partial charge is 0.345 e. The number of hydrogen-bond acceptors (Lipinski definition) is 6. The lowest BCUT2D eigenvalue weighted by molar-refractivity contribution is 0.302. The molecule has 2 aliphatic heterocycles. The molecule has 1 aromatic heterocycles. The Morgan fingerprint density at radius 1 is 0.762 bits per heavy atom. The lowest BCUT2D eigenvalue weighted by atomic mass is 9.99. The number of allylic oxidation sites excluding steroid dienone is 1. The maximum absolute atomic E-state index is 14.3. The van der Waals surface area contributed by atoms with Gasteiger partial charge in [-0.15, -0.1) is 0 Å². The molecule has 0 bridgehead atoms. The Kier molecular flexibility index (Phi) is 8.37. The van der Waals surface area contributed by atoms with Gasteiger partial charge in [-0.3, -0.25) is 9.29 Å². The molecule has 11 nitrogen and oxygen atoms in total. The summed E-state index contributed by atoms with van der Waals surface area (Å²) in [6, 6.07) is 12.2. The van der Waals surface area contributed by atoms with E-state index in [1.165, 1.54) is 42.2 Å². The van der Waals surface area contributed by atoms with Gasteiger partial charge in [0.15, 0.2) is 0 Å². The molecule has 0 fully saturated rings. The molecular weight excluding hydrogens is 578 g/mol. The van der Waals surface area contributed by atoms with E-state index in [-0.39, 0.29) is 36.0 Å². The number of nitrogens with zero attached hydrogens (tertiary/aromatic N) is 4. The van der Waals surface area contributed by atoms with E-state index in [0.29, 0.717) is 24.1 Å². The molecule has 0 amide bonds. The SMILES string of the molecule is CCCCCCC1C2=C(CN(S(=O)(=O)c3ccc(C)cc3)CCN2S(=O)(=O)c2ccc(C)cc2)Cn2c(=O)[nH]c(=O)n21. The van der Waals surface area contributed by atoms with Crippen molar-refractivity contribution in [2.45, 2.75) is 75.3 Å². The molecule has 5 rings (SSSR count). The topological polar surface area (TPSA) is 135 Å². The van der Waals surface area contributed by atoms with Crippen molar-refractivity contribution in [1.29, 1.82) is 0 Å². The van der Waals surface area contributed by atoms with Crippen LogP contribution in [0.25, 0.3) is 0 Å². The number of aryl methyl sites for hydroxylation is 2. The Morgan fingerprint density at radius 3 is 1.95 bits per heavy atom. The van der Waals surface area contributed by atoms with Gasteiger partial charge in [0.2, 0.25) is 10.0 Å². The predicted octanol–water partition coefficient (Wildman–Crippen LogP) is 3.13. The Labute approximate surface area is 246 Å². The maximum atomic E-state index is 14.3. The first-order valence-electron chi connectivity index (χ1n) is 14.2. The van der Waals surface area contributed by atoms with Gasteiger partial charge in [0.05, 0.1) is 28.1 Å². The van der Waals surface area contributed by atoms with Crippen molar-refractivity contribution in [3.05, 3.63) is 91.9 Å². The second kappa shape index (κ2) is 11.7. The van der Waals surface area contributed by atoms with Crippen LogP contribution in [0.2, 0.25) is 0 Å². The lowest BCUT2D eigenvalue weighted by Crippen LogP contribution is -2.43. The highest BCUT2D eigenvalue weighted by atomic mass is 32.2. The molecule has 1 atom stereocenters. The van der Waals surface area contributed by atoms with Crippen LogP contribution in [-0.2, 0) is 26.6 Å². The molecule has 2 aliphatic rings. The van der Waals surface area contributed by atoms with Crippen LogP contribution in [0.5, 0.6) is 0 Å². The van der Waals surface area contributed by atoms with Crippen LogP contribution in [0.1, 0.15) is 56.2 Å². The molecule has 0 saturated heterocycles. The number of nitrogens with one attached hydrogen (secondary N) is 1. The van der Waals surface area contributed by atoms with Crippen LogP contribution in [-0.4, -0.2) is 59.4 Å². The van der Waals surface area contributed by atoms with Gasteiger partial charge in [-0.25, -0.2) is 35.8 Å². The van der Waals surface area contributed by atoms with E-state index in [9.17, 15) is 26.4 Å². The van der Waals surface area contributed by atoms with E-state index in [0.717, 1.165) is 30.4 Å². The summed E-state index contributed by atoms with van der Waals surface area (Å²) in [5, 5.41) is 0. The van der Waals surface area contributed by atoms with E-state index in [1.807, 2.05) is 13.8 Å². The van der Waals surface area contributed by atoms with Crippen LogP contribution >= 0.6 is 0 Å². The minimum absolute atomic E-state index is 0.0731. The number of H-pyrrole nitrogens is 1. The highest BCUT2D eigenvalue weighted by molar-refractivity contribution is 7.89. The molecule has 0 spiro atoms. The van der Waals surface area contributed by atoms with E-state index >= 15 is 0 Å². The Bertz CT molecular complexity index is 1820. The zero-order valence-corrected chi connectivity index (χ0v) is 25.7. The van der Waals surface area contributed by atoms with Gasteiger partial charge in [-0.05, 0) is 50.1 Å². The number of aromatic nitrogens is 3. The first-order valence-corrected chi connectivity index (χ1v) is 17.1. The second-order valence-electron chi connectivity index (χ2n) is 11.0. The Balaban J connectivity index is 1.67. The number of rotatable bonds is 9. The molecule has 1 N–H and O–H groups in total. The minimum atomic E-state index is -4.15. The van der Waals surface area contributed by atoms with Crippen molar-refractivity contribution in [2.24, 2.45) is 0 Å². The van der Waals surface area contributed by atoms with E-state index < -0.39 is 37.5 Å². The van der Waals surface area contributed by atoms with Crippen LogP contribution in [0.3, 0.4) is 0 Å². The minimum Gasteiger partial charge on any atom is -0.267 e. The van der Waals surface area contributed by atoms with Crippen molar-refractivity contribution >= 4 is 20.0 Å². The number of fused-ring (bicyclic) bond motifs is 1. The van der Waals surface area contributed by atoms with Crippen molar-refractivity contribution < 1.29 is 16.8 Å². The number of sulfonamides is 2. The first kappa shape index (κ1) is 30.1. The molecule has 1 unspecified atom stereocenters. The summed E-state index contributed by atoms with van der Waals surface area (Å²) in [7, 11) is -8.15. The van der Waals surface area contributed by atoms with Crippen LogP contribution in [0, 0.1) is 13.8 Å². The smallest absolute Gasteiger partial charge is 0.267 e. The average molecular weight is 616 g/mol. The normalized spacial score (nSPS) is 18.1. The summed E-state index contributed by atoms with van der Waals surface area (Å²) in [4.78, 5) is 28.4. The average Bonchev–Trinajstić information content (AvgIpc) is 3.10. The molecule has 0 radical (unpaired) electrons. The molecule has 42 heavy (non-hydrogen) atoms. The number of benzene rings is 2. The molecular formula is C29H37N5O6S2. The van der Waals surface area contributed by atoms with Gasteiger partial charge in [-0.1, -0.05) is 68.0 Å². The van der Waals surface area contributed by atoms with E-state index in [4.69, 9.17) is 0 Å². The van der Waals surface area contributed by atoms with Gasteiger partial charge in [-0.2, -0.15) is 4.31 Å². The third kappa shape index (κ3) is 5.52. The van der Waals surface area contributed by atoms with Gasteiger partial charge >= 0.3 is 11.4 Å². The molecule has 226 valence electrons. The first-order chi connectivity index (χ1) is 19.9. The number of aromatic amines is 1.